The molecule has 1 aromatic carbocycles. The Labute approximate surface area is 149 Å². The molecule has 0 aliphatic carbocycles. The van der Waals surface area contributed by atoms with Gasteiger partial charge < -0.3 is 20.0 Å². The second-order valence-corrected chi connectivity index (χ2v) is 5.95. The number of ether oxygens (including phenoxy) is 1. The van der Waals surface area contributed by atoms with Crippen molar-refractivity contribution in [3.63, 3.8) is 0 Å². The SMILES string of the molecule is COc1ccc2[nH]c(-c3c(NCc4cccnc4)cc[nH]c3=O)cc2c1. The molecular weight excluding hydrogens is 328 g/mol. The first-order valence-corrected chi connectivity index (χ1v) is 8.26. The normalized spacial score (nSPS) is 10.8. The van der Waals surface area contributed by atoms with Crippen LogP contribution in [0.3, 0.4) is 0 Å². The maximum atomic E-state index is 12.5. The molecule has 0 unspecified atom stereocenters. The van der Waals surface area contributed by atoms with Crippen LogP contribution < -0.4 is 15.6 Å². The number of pyridine rings is 2. The number of methoxy groups -OCH3 is 1. The van der Waals surface area contributed by atoms with E-state index in [0.29, 0.717) is 12.1 Å². The Morgan fingerprint density at radius 1 is 1.19 bits per heavy atom. The maximum Gasteiger partial charge on any atom is 0.259 e. The number of hydrogen-bond donors (Lipinski definition) is 3. The van der Waals surface area contributed by atoms with Crippen molar-refractivity contribution in [2.75, 3.05) is 12.4 Å². The predicted molar refractivity (Wildman–Crippen MR) is 102 cm³/mol. The highest BCUT2D eigenvalue weighted by Crippen LogP contribution is 2.29. The predicted octanol–water partition coefficient (Wildman–Crippen LogP) is 3.54. The monoisotopic (exact) mass is 346 g/mol. The maximum absolute atomic E-state index is 12.5. The molecule has 4 rings (SSSR count). The summed E-state index contributed by atoms with van der Waals surface area (Å²) in [6.07, 6.45) is 5.18. The lowest BCUT2D eigenvalue weighted by Crippen LogP contribution is -2.12. The summed E-state index contributed by atoms with van der Waals surface area (Å²) in [6.45, 7) is 0.582. The number of hydrogen-bond acceptors (Lipinski definition) is 4. The van der Waals surface area contributed by atoms with Gasteiger partial charge in [-0.25, -0.2) is 0 Å². The van der Waals surface area contributed by atoms with Crippen molar-refractivity contribution in [1.82, 2.24) is 15.0 Å². The quantitative estimate of drug-likeness (QED) is 0.516. The molecule has 26 heavy (non-hydrogen) atoms. The van der Waals surface area contributed by atoms with E-state index in [1.807, 2.05) is 42.5 Å². The van der Waals surface area contributed by atoms with Gasteiger partial charge >= 0.3 is 0 Å². The Bertz CT molecular complexity index is 1100. The highest BCUT2D eigenvalue weighted by molar-refractivity contribution is 5.89. The molecule has 0 bridgehead atoms. The first kappa shape index (κ1) is 16.0. The average Bonchev–Trinajstić information content (AvgIpc) is 3.09. The van der Waals surface area contributed by atoms with Crippen LogP contribution >= 0.6 is 0 Å². The molecule has 0 radical (unpaired) electrons. The minimum Gasteiger partial charge on any atom is -0.497 e. The fraction of sp³-hybridized carbons (Fsp3) is 0.100. The van der Waals surface area contributed by atoms with E-state index in [0.717, 1.165) is 33.6 Å². The van der Waals surface area contributed by atoms with Gasteiger partial charge in [-0.2, -0.15) is 0 Å². The summed E-state index contributed by atoms with van der Waals surface area (Å²) in [6, 6.07) is 13.5. The van der Waals surface area contributed by atoms with Crippen LogP contribution in [0.15, 0.2) is 65.8 Å². The minimum absolute atomic E-state index is 0.153. The zero-order valence-corrected chi connectivity index (χ0v) is 14.2. The highest BCUT2D eigenvalue weighted by atomic mass is 16.5. The molecule has 4 aromatic rings. The molecule has 0 aliphatic heterocycles. The molecule has 0 spiro atoms. The number of aromatic nitrogens is 3. The van der Waals surface area contributed by atoms with Crippen LogP contribution in [0.1, 0.15) is 5.56 Å². The van der Waals surface area contributed by atoms with Gasteiger partial charge in [0.25, 0.3) is 5.56 Å². The van der Waals surface area contributed by atoms with Crippen molar-refractivity contribution in [3.05, 3.63) is 77.0 Å². The van der Waals surface area contributed by atoms with Gasteiger partial charge in [0.05, 0.1) is 24.1 Å². The standard InChI is InChI=1S/C20H18N4O2/c1-26-15-4-5-16-14(9-15)10-18(24-16)19-17(6-8-22-20(19)25)23-12-13-3-2-7-21-11-13/h2-11,24H,12H2,1H3,(H2,22,23,25). The molecule has 3 heterocycles. The number of anilines is 1. The molecule has 3 aromatic heterocycles. The number of aromatic amines is 2. The lowest BCUT2D eigenvalue weighted by atomic mass is 10.1. The minimum atomic E-state index is -0.153. The fourth-order valence-corrected chi connectivity index (χ4v) is 2.97. The molecule has 0 atom stereocenters. The summed E-state index contributed by atoms with van der Waals surface area (Å²) in [5, 5.41) is 4.32. The number of nitrogens with one attached hydrogen (secondary N) is 3. The number of rotatable bonds is 5. The van der Waals surface area contributed by atoms with Gasteiger partial charge in [-0.3, -0.25) is 9.78 Å². The van der Waals surface area contributed by atoms with Gasteiger partial charge in [-0.1, -0.05) is 6.07 Å². The van der Waals surface area contributed by atoms with E-state index >= 15 is 0 Å². The van der Waals surface area contributed by atoms with Crippen molar-refractivity contribution < 1.29 is 4.74 Å². The molecule has 6 nitrogen and oxygen atoms in total. The van der Waals surface area contributed by atoms with E-state index in [1.54, 1.807) is 25.7 Å². The zero-order valence-electron chi connectivity index (χ0n) is 14.2. The van der Waals surface area contributed by atoms with Crippen LogP contribution in [0.5, 0.6) is 5.75 Å². The lowest BCUT2D eigenvalue weighted by Gasteiger charge is -2.10. The third kappa shape index (κ3) is 3.04. The fourth-order valence-electron chi connectivity index (χ4n) is 2.97. The molecule has 0 amide bonds. The van der Waals surface area contributed by atoms with Crippen LogP contribution in [-0.4, -0.2) is 22.1 Å². The Morgan fingerprint density at radius 3 is 2.92 bits per heavy atom. The molecular formula is C20H18N4O2. The number of fused-ring (bicyclic) bond motifs is 1. The van der Waals surface area contributed by atoms with Gasteiger partial charge in [0.2, 0.25) is 0 Å². The van der Waals surface area contributed by atoms with E-state index in [1.165, 1.54) is 0 Å². The molecule has 0 saturated carbocycles. The summed E-state index contributed by atoms with van der Waals surface area (Å²) in [7, 11) is 1.64. The highest BCUT2D eigenvalue weighted by Gasteiger charge is 2.13. The van der Waals surface area contributed by atoms with Crippen LogP contribution in [0.2, 0.25) is 0 Å². The third-order valence-electron chi connectivity index (χ3n) is 4.26. The number of H-pyrrole nitrogens is 2. The van der Waals surface area contributed by atoms with Gasteiger partial charge in [0.1, 0.15) is 5.75 Å². The summed E-state index contributed by atoms with van der Waals surface area (Å²) < 4.78 is 5.27. The van der Waals surface area contributed by atoms with E-state index < -0.39 is 0 Å². The van der Waals surface area contributed by atoms with Crippen LogP contribution in [0.25, 0.3) is 22.2 Å². The van der Waals surface area contributed by atoms with Crippen molar-refractivity contribution >= 4 is 16.6 Å². The summed E-state index contributed by atoms with van der Waals surface area (Å²) >= 11 is 0. The van der Waals surface area contributed by atoms with Crippen molar-refractivity contribution in [2.24, 2.45) is 0 Å². The molecule has 0 fully saturated rings. The van der Waals surface area contributed by atoms with E-state index in [2.05, 4.69) is 20.3 Å². The summed E-state index contributed by atoms with van der Waals surface area (Å²) in [4.78, 5) is 22.7. The molecule has 3 N–H and O–H groups in total. The molecule has 130 valence electrons. The molecule has 0 saturated heterocycles. The van der Waals surface area contributed by atoms with E-state index in [9.17, 15) is 4.79 Å². The van der Waals surface area contributed by atoms with E-state index in [4.69, 9.17) is 4.74 Å². The molecule has 0 aliphatic rings. The van der Waals surface area contributed by atoms with Crippen LogP contribution in [-0.2, 0) is 6.54 Å². The third-order valence-corrected chi connectivity index (χ3v) is 4.26. The first-order chi connectivity index (χ1) is 12.7. The topological polar surface area (TPSA) is 82.8 Å². The Kier molecular flexibility index (Phi) is 4.15. The van der Waals surface area contributed by atoms with E-state index in [-0.39, 0.29) is 5.56 Å². The Morgan fingerprint density at radius 2 is 2.12 bits per heavy atom. The first-order valence-electron chi connectivity index (χ1n) is 8.26. The average molecular weight is 346 g/mol. The summed E-state index contributed by atoms with van der Waals surface area (Å²) in [5.41, 5.74) is 3.92. The van der Waals surface area contributed by atoms with Crippen molar-refractivity contribution in [1.29, 1.82) is 0 Å². The van der Waals surface area contributed by atoms with Gasteiger partial charge in [0.15, 0.2) is 0 Å². The Hall–Kier alpha value is -3.54. The number of benzene rings is 1. The second-order valence-electron chi connectivity index (χ2n) is 5.95. The molecule has 6 heteroatoms. The van der Waals surface area contributed by atoms with Gasteiger partial charge in [-0.15, -0.1) is 0 Å². The number of nitrogens with zero attached hydrogens (tertiary/aromatic N) is 1. The van der Waals surface area contributed by atoms with Crippen LogP contribution in [0.4, 0.5) is 5.69 Å². The van der Waals surface area contributed by atoms with Crippen LogP contribution in [0, 0.1) is 0 Å². The second kappa shape index (κ2) is 6.76. The lowest BCUT2D eigenvalue weighted by molar-refractivity contribution is 0.415. The largest absolute Gasteiger partial charge is 0.497 e. The summed E-state index contributed by atoms with van der Waals surface area (Å²) in [5.74, 6) is 0.778. The van der Waals surface area contributed by atoms with Crippen molar-refractivity contribution in [3.8, 4) is 17.0 Å². The zero-order chi connectivity index (χ0) is 17.9. The van der Waals surface area contributed by atoms with Crippen molar-refractivity contribution in [2.45, 2.75) is 6.54 Å². The van der Waals surface area contributed by atoms with Gasteiger partial charge in [-0.05, 0) is 42.0 Å². The smallest absolute Gasteiger partial charge is 0.259 e. The van der Waals surface area contributed by atoms with Gasteiger partial charge in [0, 0.05) is 36.0 Å². The Balaban J connectivity index is 1.73.